The van der Waals surface area contributed by atoms with E-state index in [1.807, 2.05) is 0 Å². The van der Waals surface area contributed by atoms with Gasteiger partial charge in [-0.15, -0.1) is 0 Å². The zero-order valence-electron chi connectivity index (χ0n) is 12.8. The number of carbonyl (C=O) groups is 1. The molecule has 0 aliphatic heterocycles. The number of hydrogen-bond acceptors (Lipinski definition) is 3. The second-order valence-electron chi connectivity index (χ2n) is 5.16. The molecule has 0 saturated heterocycles. The Balaban J connectivity index is 1.82. The lowest BCUT2D eigenvalue weighted by molar-refractivity contribution is 0.102. The highest BCUT2D eigenvalue weighted by atomic mass is 35.5. The minimum atomic E-state index is -0.325. The lowest BCUT2D eigenvalue weighted by Gasteiger charge is -2.08. The third-order valence-electron chi connectivity index (χ3n) is 3.43. The van der Waals surface area contributed by atoms with Crippen LogP contribution in [0.15, 0.2) is 54.7 Å². The monoisotopic (exact) mass is 341 g/mol. The largest absolute Gasteiger partial charge is 0.322 e. The van der Waals surface area contributed by atoms with Gasteiger partial charge >= 0.3 is 0 Å². The average molecular weight is 342 g/mol. The minimum Gasteiger partial charge on any atom is -0.322 e. The summed E-state index contributed by atoms with van der Waals surface area (Å²) in [5, 5.41) is 3.36. The van der Waals surface area contributed by atoms with E-state index < -0.39 is 0 Å². The van der Waals surface area contributed by atoms with Gasteiger partial charge in [0, 0.05) is 22.5 Å². The van der Waals surface area contributed by atoms with Crippen LogP contribution in [-0.2, 0) is 0 Å². The number of rotatable bonds is 3. The summed E-state index contributed by atoms with van der Waals surface area (Å²) in [6.45, 7) is 1.73. The smallest absolute Gasteiger partial charge is 0.259 e. The molecule has 4 nitrogen and oxygen atoms in total. The number of aromatic nitrogens is 2. The fourth-order valence-corrected chi connectivity index (χ4v) is 2.29. The maximum atomic E-state index is 13.0. The van der Waals surface area contributed by atoms with Crippen LogP contribution in [0, 0.1) is 12.7 Å². The first-order valence-corrected chi connectivity index (χ1v) is 7.57. The van der Waals surface area contributed by atoms with E-state index in [2.05, 4.69) is 15.3 Å². The first-order valence-electron chi connectivity index (χ1n) is 7.19. The number of amides is 1. The number of aryl methyl sites for hydroxylation is 1. The molecule has 0 aliphatic carbocycles. The van der Waals surface area contributed by atoms with Crippen molar-refractivity contribution >= 4 is 23.2 Å². The zero-order valence-corrected chi connectivity index (χ0v) is 13.5. The number of hydrogen-bond donors (Lipinski definition) is 1. The minimum absolute atomic E-state index is 0.305. The Bertz CT molecular complexity index is 880. The Morgan fingerprint density at radius 1 is 1.08 bits per heavy atom. The fourth-order valence-electron chi connectivity index (χ4n) is 2.16. The van der Waals surface area contributed by atoms with E-state index in [0.717, 1.165) is 0 Å². The predicted molar refractivity (Wildman–Crippen MR) is 91.6 cm³/mol. The third kappa shape index (κ3) is 3.58. The Kier molecular flexibility index (Phi) is 4.53. The Morgan fingerprint density at radius 3 is 2.38 bits per heavy atom. The van der Waals surface area contributed by atoms with E-state index >= 15 is 0 Å². The van der Waals surface area contributed by atoms with Gasteiger partial charge < -0.3 is 5.32 Å². The summed E-state index contributed by atoms with van der Waals surface area (Å²) < 4.78 is 13.0. The Labute approximate surface area is 143 Å². The summed E-state index contributed by atoms with van der Waals surface area (Å²) in [5.74, 6) is -0.189. The molecule has 3 aromatic rings. The van der Waals surface area contributed by atoms with Crippen molar-refractivity contribution in [3.63, 3.8) is 0 Å². The van der Waals surface area contributed by atoms with Gasteiger partial charge in [-0.05, 0) is 55.5 Å². The normalized spacial score (nSPS) is 10.5. The van der Waals surface area contributed by atoms with Crippen molar-refractivity contribution in [3.05, 3.63) is 76.8 Å². The third-order valence-corrected chi connectivity index (χ3v) is 3.68. The van der Waals surface area contributed by atoms with Crippen molar-refractivity contribution in [3.8, 4) is 11.4 Å². The maximum Gasteiger partial charge on any atom is 0.259 e. The van der Waals surface area contributed by atoms with E-state index in [9.17, 15) is 9.18 Å². The van der Waals surface area contributed by atoms with Crippen molar-refractivity contribution in [2.24, 2.45) is 0 Å². The molecule has 0 bridgehead atoms. The van der Waals surface area contributed by atoms with Crippen LogP contribution in [0.1, 0.15) is 16.1 Å². The van der Waals surface area contributed by atoms with Crippen molar-refractivity contribution in [1.29, 1.82) is 0 Å². The summed E-state index contributed by atoms with van der Waals surface area (Å²) in [6, 6.07) is 12.7. The molecule has 2 aromatic carbocycles. The molecule has 0 saturated carbocycles. The average Bonchev–Trinajstić information content (AvgIpc) is 2.57. The van der Waals surface area contributed by atoms with E-state index in [1.165, 1.54) is 18.3 Å². The van der Waals surface area contributed by atoms with E-state index in [0.29, 0.717) is 33.4 Å². The van der Waals surface area contributed by atoms with Crippen molar-refractivity contribution in [2.45, 2.75) is 6.92 Å². The second-order valence-corrected chi connectivity index (χ2v) is 5.60. The molecule has 0 radical (unpaired) electrons. The van der Waals surface area contributed by atoms with E-state index in [1.54, 1.807) is 43.3 Å². The standard InChI is InChI=1S/C18H13ClFN3O/c1-11-16(18(24)23-15-8-4-13(19)5-9-15)10-21-17(22-11)12-2-6-14(20)7-3-12/h2-10H,1H3,(H,23,24). The molecule has 120 valence electrons. The molecule has 1 amide bonds. The van der Waals surface area contributed by atoms with Gasteiger partial charge in [0.2, 0.25) is 0 Å². The van der Waals surface area contributed by atoms with Crippen molar-refractivity contribution < 1.29 is 9.18 Å². The van der Waals surface area contributed by atoms with Gasteiger partial charge in [-0.3, -0.25) is 4.79 Å². The van der Waals surface area contributed by atoms with Crippen LogP contribution in [0.5, 0.6) is 0 Å². The number of halogens is 2. The molecule has 1 heterocycles. The SMILES string of the molecule is Cc1nc(-c2ccc(F)cc2)ncc1C(=O)Nc1ccc(Cl)cc1. The van der Waals surface area contributed by atoms with Gasteiger partial charge in [0.1, 0.15) is 5.82 Å². The van der Waals surface area contributed by atoms with Gasteiger partial charge in [-0.1, -0.05) is 11.6 Å². The number of anilines is 1. The molecule has 0 atom stereocenters. The fraction of sp³-hybridized carbons (Fsp3) is 0.0556. The van der Waals surface area contributed by atoms with Crippen molar-refractivity contribution in [2.75, 3.05) is 5.32 Å². The van der Waals surface area contributed by atoms with Gasteiger partial charge in [-0.2, -0.15) is 0 Å². The van der Waals surface area contributed by atoms with E-state index in [4.69, 9.17) is 11.6 Å². The first-order chi connectivity index (χ1) is 11.5. The molecule has 24 heavy (non-hydrogen) atoms. The summed E-state index contributed by atoms with van der Waals surface area (Å²) >= 11 is 5.82. The second kappa shape index (κ2) is 6.76. The summed E-state index contributed by atoms with van der Waals surface area (Å²) in [4.78, 5) is 20.9. The van der Waals surface area contributed by atoms with Crippen LogP contribution in [0.4, 0.5) is 10.1 Å². The Hall–Kier alpha value is -2.79. The Morgan fingerprint density at radius 2 is 1.75 bits per heavy atom. The lowest BCUT2D eigenvalue weighted by atomic mass is 10.1. The van der Waals surface area contributed by atoms with Gasteiger partial charge in [-0.25, -0.2) is 14.4 Å². The highest BCUT2D eigenvalue weighted by Gasteiger charge is 2.13. The topological polar surface area (TPSA) is 54.9 Å². The highest BCUT2D eigenvalue weighted by Crippen LogP contribution is 2.18. The van der Waals surface area contributed by atoms with Crippen LogP contribution in [0.2, 0.25) is 5.02 Å². The molecule has 1 N–H and O–H groups in total. The molecule has 3 rings (SSSR count). The molecule has 1 aromatic heterocycles. The van der Waals surface area contributed by atoms with E-state index in [-0.39, 0.29) is 11.7 Å². The van der Waals surface area contributed by atoms with Crippen molar-refractivity contribution in [1.82, 2.24) is 9.97 Å². The predicted octanol–water partition coefficient (Wildman–Crippen LogP) is 4.50. The van der Waals surface area contributed by atoms with Crippen LogP contribution < -0.4 is 5.32 Å². The molecular formula is C18H13ClFN3O. The zero-order chi connectivity index (χ0) is 17.1. The molecule has 0 unspecified atom stereocenters. The summed E-state index contributed by atoms with van der Waals surface area (Å²) in [5.41, 5.74) is 2.22. The van der Waals surface area contributed by atoms with Gasteiger partial charge in [0.25, 0.3) is 5.91 Å². The summed E-state index contributed by atoms with van der Waals surface area (Å²) in [6.07, 6.45) is 1.46. The number of carbonyl (C=O) groups excluding carboxylic acids is 1. The highest BCUT2D eigenvalue weighted by molar-refractivity contribution is 6.30. The van der Waals surface area contributed by atoms with Crippen LogP contribution in [0.3, 0.4) is 0 Å². The maximum absolute atomic E-state index is 13.0. The molecule has 6 heteroatoms. The number of benzene rings is 2. The van der Waals surface area contributed by atoms with Gasteiger partial charge in [0.15, 0.2) is 5.82 Å². The quantitative estimate of drug-likeness (QED) is 0.763. The van der Waals surface area contributed by atoms with Crippen LogP contribution in [0.25, 0.3) is 11.4 Å². The molecule has 0 spiro atoms. The number of nitrogens with one attached hydrogen (secondary N) is 1. The lowest BCUT2D eigenvalue weighted by Crippen LogP contribution is -2.15. The van der Waals surface area contributed by atoms with Crippen LogP contribution in [-0.4, -0.2) is 15.9 Å². The molecule has 0 fully saturated rings. The molecule has 0 aliphatic rings. The van der Waals surface area contributed by atoms with Crippen LogP contribution >= 0.6 is 11.6 Å². The summed E-state index contributed by atoms with van der Waals surface area (Å²) in [7, 11) is 0. The first kappa shape index (κ1) is 16.1. The van der Waals surface area contributed by atoms with Gasteiger partial charge in [0.05, 0.1) is 11.3 Å². The number of nitrogens with zero attached hydrogens (tertiary/aromatic N) is 2. The molecular weight excluding hydrogens is 329 g/mol.